The Balaban J connectivity index is 3.90. The molecule has 0 radical (unpaired) electrons. The van der Waals surface area contributed by atoms with Crippen LogP contribution < -0.4 is 0 Å². The molecule has 0 N–H and O–H groups in total. The molecule has 0 aromatic rings. The summed E-state index contributed by atoms with van der Waals surface area (Å²) in [6, 6.07) is 0. The van der Waals surface area contributed by atoms with E-state index < -0.39 is 24.7 Å². The lowest BCUT2D eigenvalue weighted by molar-refractivity contribution is -0.168. The van der Waals surface area contributed by atoms with Gasteiger partial charge in [0.15, 0.2) is 0 Å². The molecule has 0 aliphatic heterocycles. The van der Waals surface area contributed by atoms with Crippen molar-refractivity contribution in [3.8, 4) is 0 Å². The Kier molecular flexibility index (Phi) is 7.83. The number of hydrogen-bond acceptors (Lipinski definition) is 4. The van der Waals surface area contributed by atoms with E-state index in [1.165, 1.54) is 0 Å². The third kappa shape index (κ3) is 8.29. The third-order valence-electron chi connectivity index (χ3n) is 1.52. The highest BCUT2D eigenvalue weighted by molar-refractivity contribution is 5.91. The normalized spacial score (nSPS) is 12.8. The van der Waals surface area contributed by atoms with Crippen molar-refractivity contribution >= 4 is 11.9 Å². The molecule has 7 heteroatoms. The van der Waals surface area contributed by atoms with Crippen LogP contribution in [0.25, 0.3) is 0 Å². The lowest BCUT2D eigenvalue weighted by atomic mass is 10.4. The molecule has 0 saturated carbocycles. The van der Waals surface area contributed by atoms with Crippen LogP contribution in [0.5, 0.6) is 0 Å². The maximum atomic E-state index is 12.2. The van der Waals surface area contributed by atoms with Crippen LogP contribution in [0.15, 0.2) is 12.2 Å². The Morgan fingerprint density at radius 2 is 1.76 bits per heavy atom. The Hall–Kier alpha value is -1.53. The Morgan fingerprint density at radius 1 is 1.18 bits per heavy atom. The summed E-state index contributed by atoms with van der Waals surface area (Å²) in [6.07, 6.45) is -3.69. The second-order valence-corrected chi connectivity index (χ2v) is 2.98. The maximum Gasteiger partial charge on any atom is 0.333 e. The fourth-order valence-electron chi connectivity index (χ4n) is 0.703. The maximum absolute atomic E-state index is 12.2. The van der Waals surface area contributed by atoms with E-state index in [0.29, 0.717) is 18.6 Å². The van der Waals surface area contributed by atoms with Crippen molar-refractivity contribution in [1.82, 2.24) is 0 Å². The number of alkyl halides is 3. The van der Waals surface area contributed by atoms with Gasteiger partial charge in [-0.1, -0.05) is 13.3 Å². The summed E-state index contributed by atoms with van der Waals surface area (Å²) in [6.45, 7) is 2.09. The fourth-order valence-corrected chi connectivity index (χ4v) is 0.703. The Morgan fingerprint density at radius 3 is 2.29 bits per heavy atom. The van der Waals surface area contributed by atoms with Crippen LogP contribution in [0, 0.1) is 0 Å². The molecule has 0 fully saturated rings. The van der Waals surface area contributed by atoms with Gasteiger partial charge in [0.1, 0.15) is 0 Å². The van der Waals surface area contributed by atoms with E-state index in [2.05, 4.69) is 9.47 Å². The minimum Gasteiger partial charge on any atom is -0.463 e. The van der Waals surface area contributed by atoms with Crippen molar-refractivity contribution in [3.63, 3.8) is 0 Å². The van der Waals surface area contributed by atoms with Gasteiger partial charge in [0, 0.05) is 12.2 Å². The summed E-state index contributed by atoms with van der Waals surface area (Å²) < 4.78 is 43.7. The van der Waals surface area contributed by atoms with Gasteiger partial charge in [-0.25, -0.2) is 18.4 Å². The largest absolute Gasteiger partial charge is 0.463 e. The summed E-state index contributed by atoms with van der Waals surface area (Å²) in [5.41, 5.74) is 0. The molecule has 0 aliphatic rings. The Labute approximate surface area is 96.4 Å². The molecular weight excluding hydrogens is 241 g/mol. The Bertz CT molecular complexity index is 279. The predicted octanol–water partition coefficient (Wildman–Crippen LogP) is 1.99. The quantitative estimate of drug-likeness (QED) is 0.396. The van der Waals surface area contributed by atoms with Crippen molar-refractivity contribution in [2.75, 3.05) is 6.61 Å². The zero-order chi connectivity index (χ0) is 13.3. The topological polar surface area (TPSA) is 52.6 Å². The van der Waals surface area contributed by atoms with Gasteiger partial charge in [-0.3, -0.25) is 0 Å². The molecule has 1 unspecified atom stereocenters. The fraction of sp³-hybridized carbons (Fsp3) is 0.600. The molecule has 1 atom stereocenters. The summed E-state index contributed by atoms with van der Waals surface area (Å²) in [7, 11) is 0. The van der Waals surface area contributed by atoms with E-state index in [1.807, 2.05) is 6.92 Å². The highest BCUT2D eigenvalue weighted by Gasteiger charge is 2.22. The molecule has 0 aromatic heterocycles. The van der Waals surface area contributed by atoms with Crippen molar-refractivity contribution in [3.05, 3.63) is 12.2 Å². The number of carbonyl (C=O) groups excluding carboxylic acids is 2. The van der Waals surface area contributed by atoms with E-state index in [-0.39, 0.29) is 6.61 Å². The van der Waals surface area contributed by atoms with E-state index in [9.17, 15) is 22.8 Å². The average Bonchev–Trinajstić information content (AvgIpc) is 2.26. The lowest BCUT2D eigenvalue weighted by Crippen LogP contribution is -2.19. The predicted molar refractivity (Wildman–Crippen MR) is 52.0 cm³/mol. The summed E-state index contributed by atoms with van der Waals surface area (Å²) in [5, 5.41) is 0. The number of ether oxygens (including phenoxy) is 2. The van der Waals surface area contributed by atoms with Crippen LogP contribution in [0.4, 0.5) is 13.2 Å². The van der Waals surface area contributed by atoms with Crippen LogP contribution in [0.1, 0.15) is 19.8 Å². The van der Waals surface area contributed by atoms with Crippen molar-refractivity contribution in [2.45, 2.75) is 32.5 Å². The van der Waals surface area contributed by atoms with Gasteiger partial charge >= 0.3 is 24.7 Å². The molecule has 0 rings (SSSR count). The monoisotopic (exact) mass is 254 g/mol. The first-order chi connectivity index (χ1) is 7.97. The van der Waals surface area contributed by atoms with E-state index in [1.54, 1.807) is 0 Å². The van der Waals surface area contributed by atoms with Crippen LogP contribution in [-0.2, 0) is 19.1 Å². The van der Waals surface area contributed by atoms with Gasteiger partial charge in [0.2, 0.25) is 0 Å². The number of halogens is 3. The second-order valence-electron chi connectivity index (χ2n) is 2.98. The molecule has 17 heavy (non-hydrogen) atoms. The van der Waals surface area contributed by atoms with E-state index in [0.717, 1.165) is 6.42 Å². The van der Waals surface area contributed by atoms with E-state index >= 15 is 0 Å². The molecule has 4 nitrogen and oxygen atoms in total. The molecule has 0 aromatic carbocycles. The molecule has 0 saturated heterocycles. The summed E-state index contributed by atoms with van der Waals surface area (Å²) in [5.74, 6) is -2.19. The average molecular weight is 254 g/mol. The first-order valence-electron chi connectivity index (χ1n) is 4.95. The minimum absolute atomic E-state index is 0.192. The van der Waals surface area contributed by atoms with E-state index in [4.69, 9.17) is 0 Å². The SMILES string of the molecule is CCCCOC(=O)C=CC(=O)OC(F)C(F)F. The van der Waals surface area contributed by atoms with Crippen LogP contribution in [0.2, 0.25) is 0 Å². The van der Waals surface area contributed by atoms with Gasteiger partial charge in [0.25, 0.3) is 0 Å². The number of rotatable bonds is 7. The molecule has 0 bridgehead atoms. The molecular formula is C10H13F3O4. The molecule has 0 aliphatic carbocycles. The number of hydrogen-bond donors (Lipinski definition) is 0. The minimum atomic E-state index is -3.41. The van der Waals surface area contributed by atoms with Crippen LogP contribution in [0.3, 0.4) is 0 Å². The standard InChI is InChI=1S/C10H13F3O4/c1-2-3-6-16-7(14)4-5-8(15)17-10(13)9(11)12/h4-5,9-10H,2-3,6H2,1H3. The van der Waals surface area contributed by atoms with Crippen molar-refractivity contribution in [1.29, 1.82) is 0 Å². The van der Waals surface area contributed by atoms with Gasteiger partial charge in [-0.2, -0.15) is 4.39 Å². The van der Waals surface area contributed by atoms with Crippen LogP contribution >= 0.6 is 0 Å². The van der Waals surface area contributed by atoms with Gasteiger partial charge < -0.3 is 9.47 Å². The first-order valence-corrected chi connectivity index (χ1v) is 4.95. The molecule has 0 heterocycles. The first kappa shape index (κ1) is 15.5. The van der Waals surface area contributed by atoms with Crippen molar-refractivity contribution < 1.29 is 32.2 Å². The number of esters is 2. The number of carbonyl (C=O) groups is 2. The van der Waals surface area contributed by atoms with Crippen molar-refractivity contribution in [2.24, 2.45) is 0 Å². The zero-order valence-corrected chi connectivity index (χ0v) is 9.20. The van der Waals surface area contributed by atoms with Gasteiger partial charge in [-0.15, -0.1) is 0 Å². The van der Waals surface area contributed by atoms with Gasteiger partial charge in [-0.05, 0) is 6.42 Å². The molecule has 98 valence electrons. The van der Waals surface area contributed by atoms with Gasteiger partial charge in [0.05, 0.1) is 6.61 Å². The smallest absolute Gasteiger partial charge is 0.333 e. The highest BCUT2D eigenvalue weighted by Crippen LogP contribution is 2.07. The van der Waals surface area contributed by atoms with Crippen LogP contribution in [-0.4, -0.2) is 31.3 Å². The second kappa shape index (κ2) is 8.60. The summed E-state index contributed by atoms with van der Waals surface area (Å²) in [4.78, 5) is 21.6. The number of unbranched alkanes of at least 4 members (excludes halogenated alkanes) is 1. The third-order valence-corrected chi connectivity index (χ3v) is 1.52. The molecule has 0 amide bonds. The lowest BCUT2D eigenvalue weighted by Gasteiger charge is -2.05. The summed E-state index contributed by atoms with van der Waals surface area (Å²) >= 11 is 0. The molecule has 0 spiro atoms. The zero-order valence-electron chi connectivity index (χ0n) is 9.20. The highest BCUT2D eigenvalue weighted by atomic mass is 19.3.